The molecule has 0 spiro atoms. The lowest BCUT2D eigenvalue weighted by molar-refractivity contribution is -0.192. The Morgan fingerprint density at radius 3 is 2.47 bits per heavy atom. The number of imidazole rings is 1. The van der Waals surface area contributed by atoms with Crippen LogP contribution in [0.2, 0.25) is 0 Å². The van der Waals surface area contributed by atoms with Crippen molar-refractivity contribution in [1.82, 2.24) is 19.4 Å². The molecular weight excluding hydrogens is 409 g/mol. The molecule has 1 saturated heterocycles. The molecule has 1 aliphatic rings. The average molecular weight is 428 g/mol. The van der Waals surface area contributed by atoms with Crippen LogP contribution in [-0.4, -0.2) is 68.1 Å². The normalized spacial score (nSPS) is 16.5. The van der Waals surface area contributed by atoms with Gasteiger partial charge in [0.15, 0.2) is 5.76 Å². The lowest BCUT2D eigenvalue weighted by atomic mass is 10.1. The lowest BCUT2D eigenvalue weighted by Crippen LogP contribution is -2.52. The summed E-state index contributed by atoms with van der Waals surface area (Å²) in [7, 11) is 1.87. The Hall–Kier alpha value is -3.57. The quantitative estimate of drug-likeness (QED) is 0.748. The third-order valence-electron chi connectivity index (χ3n) is 4.26. The number of aliphatic carboxylic acids is 1. The first-order valence-corrected chi connectivity index (χ1v) is 8.59. The smallest absolute Gasteiger partial charge is 0.475 e. The number of hydrogen-bond donors (Lipinski definition) is 1. The molecule has 1 aliphatic heterocycles. The van der Waals surface area contributed by atoms with Crippen molar-refractivity contribution in [3.63, 3.8) is 0 Å². The zero-order valence-corrected chi connectivity index (χ0v) is 15.9. The molecule has 0 saturated carbocycles. The number of carbonyl (C=O) groups excluding carboxylic acids is 2. The van der Waals surface area contributed by atoms with Gasteiger partial charge < -0.3 is 23.9 Å². The van der Waals surface area contributed by atoms with Crippen LogP contribution in [0.1, 0.15) is 22.4 Å². The number of carboxylic acid groups (broad SMARTS) is 1. The van der Waals surface area contributed by atoms with Crippen molar-refractivity contribution < 1.29 is 37.1 Å². The van der Waals surface area contributed by atoms with Gasteiger partial charge in [-0.15, -0.1) is 0 Å². The number of amides is 2. The first kappa shape index (κ1) is 22.7. The molecule has 1 unspecified atom stereocenters. The van der Waals surface area contributed by atoms with E-state index in [9.17, 15) is 22.8 Å². The summed E-state index contributed by atoms with van der Waals surface area (Å²) < 4.78 is 38.8. The van der Waals surface area contributed by atoms with Crippen LogP contribution in [-0.2, 0) is 16.6 Å². The fraction of sp³-hybridized carbons (Fsp3) is 0.333. The van der Waals surface area contributed by atoms with Crippen LogP contribution in [0.4, 0.5) is 13.2 Å². The highest BCUT2D eigenvalue weighted by molar-refractivity contribution is 5.92. The molecule has 162 valence electrons. The van der Waals surface area contributed by atoms with Crippen molar-refractivity contribution in [2.24, 2.45) is 7.05 Å². The molecule has 0 radical (unpaired) electrons. The molecule has 0 aromatic carbocycles. The van der Waals surface area contributed by atoms with E-state index in [0.717, 1.165) is 5.82 Å². The number of rotatable bonds is 3. The van der Waals surface area contributed by atoms with Gasteiger partial charge in [0.05, 0.1) is 6.26 Å². The Morgan fingerprint density at radius 2 is 2.00 bits per heavy atom. The molecule has 2 amide bonds. The predicted molar refractivity (Wildman–Crippen MR) is 96.2 cm³/mol. The molecule has 30 heavy (non-hydrogen) atoms. The molecular formula is C18H19F3N4O5. The minimum atomic E-state index is -5.08. The van der Waals surface area contributed by atoms with Gasteiger partial charge in [-0.3, -0.25) is 9.59 Å². The van der Waals surface area contributed by atoms with Crippen molar-refractivity contribution >= 4 is 17.8 Å². The topological polar surface area (TPSA) is 109 Å². The number of halogens is 3. The van der Waals surface area contributed by atoms with E-state index in [-0.39, 0.29) is 23.6 Å². The number of aromatic nitrogens is 2. The number of nitrogens with zero attached hydrogens (tertiary/aromatic N) is 4. The highest BCUT2D eigenvalue weighted by Gasteiger charge is 2.38. The van der Waals surface area contributed by atoms with Gasteiger partial charge in [-0.25, -0.2) is 9.78 Å². The van der Waals surface area contributed by atoms with Crippen LogP contribution in [0.25, 0.3) is 0 Å². The summed E-state index contributed by atoms with van der Waals surface area (Å²) in [5, 5.41) is 7.12. The summed E-state index contributed by atoms with van der Waals surface area (Å²) in [5.74, 6) is -2.09. The third kappa shape index (κ3) is 5.27. The SMILES string of the molecule is C=CC(=O)N1CCN(C(=O)c2ccco2)C(c2nccn2C)C1.O=C(O)C(F)(F)F. The molecule has 9 nitrogen and oxygen atoms in total. The second kappa shape index (κ2) is 9.29. The highest BCUT2D eigenvalue weighted by Crippen LogP contribution is 2.26. The molecule has 2 aromatic rings. The summed E-state index contributed by atoms with van der Waals surface area (Å²) in [6.07, 6.45) is 1.18. The largest absolute Gasteiger partial charge is 0.490 e. The van der Waals surface area contributed by atoms with Crippen molar-refractivity contribution in [1.29, 1.82) is 0 Å². The molecule has 3 heterocycles. The van der Waals surface area contributed by atoms with Crippen molar-refractivity contribution in [3.05, 3.63) is 55.0 Å². The summed E-state index contributed by atoms with van der Waals surface area (Å²) >= 11 is 0. The molecule has 1 N–H and O–H groups in total. The molecule has 0 bridgehead atoms. The number of carboxylic acids is 1. The van der Waals surface area contributed by atoms with Gasteiger partial charge in [-0.1, -0.05) is 6.58 Å². The van der Waals surface area contributed by atoms with E-state index in [2.05, 4.69) is 11.6 Å². The maximum absolute atomic E-state index is 12.7. The fourth-order valence-electron chi connectivity index (χ4n) is 2.82. The van der Waals surface area contributed by atoms with Crippen molar-refractivity contribution in [2.45, 2.75) is 12.2 Å². The summed E-state index contributed by atoms with van der Waals surface area (Å²) in [6, 6.07) is 2.99. The van der Waals surface area contributed by atoms with E-state index in [1.165, 1.54) is 12.3 Å². The van der Waals surface area contributed by atoms with Crippen LogP contribution in [0.3, 0.4) is 0 Å². The number of hydrogen-bond acceptors (Lipinski definition) is 5. The van der Waals surface area contributed by atoms with Crippen molar-refractivity contribution in [3.8, 4) is 0 Å². The third-order valence-corrected chi connectivity index (χ3v) is 4.26. The standard InChI is InChI=1S/C16H18N4O3.C2HF3O2/c1-3-14(21)19-8-9-20(16(22)13-5-4-10-23-13)12(11-19)15-17-6-7-18(15)2;3-2(4,5)1(6)7/h3-7,10,12H,1,8-9,11H2,2H3;(H,6,7). The van der Waals surface area contributed by atoms with Crippen LogP contribution in [0.5, 0.6) is 0 Å². The minimum absolute atomic E-state index is 0.144. The Kier molecular flexibility index (Phi) is 7.03. The van der Waals surface area contributed by atoms with Crippen LogP contribution < -0.4 is 0 Å². The van der Waals surface area contributed by atoms with Crippen molar-refractivity contribution in [2.75, 3.05) is 19.6 Å². The van der Waals surface area contributed by atoms with Gasteiger partial charge in [0.1, 0.15) is 11.9 Å². The van der Waals surface area contributed by atoms with Gasteiger partial charge in [0, 0.05) is 39.1 Å². The maximum atomic E-state index is 12.7. The summed E-state index contributed by atoms with van der Waals surface area (Å²) in [6.45, 7) is 4.78. The van der Waals surface area contributed by atoms with E-state index < -0.39 is 12.1 Å². The number of aryl methyl sites for hydroxylation is 1. The zero-order chi connectivity index (χ0) is 22.5. The number of piperazine rings is 1. The van der Waals surface area contributed by atoms with E-state index >= 15 is 0 Å². The van der Waals surface area contributed by atoms with E-state index in [1.807, 2.05) is 17.8 Å². The number of alkyl halides is 3. The lowest BCUT2D eigenvalue weighted by Gasteiger charge is -2.40. The molecule has 2 aromatic heterocycles. The Labute approximate surface area is 169 Å². The van der Waals surface area contributed by atoms with Gasteiger partial charge >= 0.3 is 12.1 Å². The molecule has 12 heteroatoms. The number of furan rings is 1. The summed E-state index contributed by atoms with van der Waals surface area (Å²) in [5.41, 5.74) is 0. The van der Waals surface area contributed by atoms with E-state index in [4.69, 9.17) is 14.3 Å². The fourth-order valence-corrected chi connectivity index (χ4v) is 2.82. The maximum Gasteiger partial charge on any atom is 0.490 e. The predicted octanol–water partition coefficient (Wildman–Crippen LogP) is 1.86. The second-order valence-corrected chi connectivity index (χ2v) is 6.18. The summed E-state index contributed by atoms with van der Waals surface area (Å²) in [4.78, 5) is 41.3. The van der Waals surface area contributed by atoms with Gasteiger partial charge in [0.25, 0.3) is 5.91 Å². The zero-order valence-electron chi connectivity index (χ0n) is 15.9. The molecule has 0 aliphatic carbocycles. The first-order chi connectivity index (χ1) is 14.1. The Bertz CT molecular complexity index is 907. The monoisotopic (exact) mass is 428 g/mol. The Balaban J connectivity index is 0.000000396. The first-order valence-electron chi connectivity index (χ1n) is 8.59. The van der Waals surface area contributed by atoms with E-state index in [1.54, 1.807) is 28.1 Å². The van der Waals surface area contributed by atoms with Crippen LogP contribution in [0, 0.1) is 0 Å². The van der Waals surface area contributed by atoms with Gasteiger partial charge in [-0.2, -0.15) is 13.2 Å². The van der Waals surface area contributed by atoms with Crippen LogP contribution >= 0.6 is 0 Å². The average Bonchev–Trinajstić information content (AvgIpc) is 3.38. The Morgan fingerprint density at radius 1 is 1.33 bits per heavy atom. The second-order valence-electron chi connectivity index (χ2n) is 6.18. The number of carbonyl (C=O) groups is 3. The van der Waals surface area contributed by atoms with Gasteiger partial charge in [-0.05, 0) is 18.2 Å². The molecule has 1 fully saturated rings. The molecule has 1 atom stereocenters. The highest BCUT2D eigenvalue weighted by atomic mass is 19.4. The van der Waals surface area contributed by atoms with Crippen LogP contribution in [0.15, 0.2) is 47.9 Å². The minimum Gasteiger partial charge on any atom is -0.475 e. The molecule has 3 rings (SSSR count). The van der Waals surface area contributed by atoms with E-state index in [0.29, 0.717) is 19.6 Å². The van der Waals surface area contributed by atoms with Gasteiger partial charge in [0.2, 0.25) is 5.91 Å².